The predicted molar refractivity (Wildman–Crippen MR) is 165 cm³/mol. The number of rotatable bonds is 7. The third kappa shape index (κ3) is 12.5. The number of carbonyl (C=O) groups excluding carboxylic acids is 1. The second-order valence-electron chi connectivity index (χ2n) is 10.5. The van der Waals surface area contributed by atoms with E-state index in [1.54, 1.807) is 25.4 Å². The van der Waals surface area contributed by atoms with Crippen LogP contribution in [0.2, 0.25) is 0 Å². The van der Waals surface area contributed by atoms with E-state index in [0.717, 1.165) is 48.4 Å². The van der Waals surface area contributed by atoms with E-state index in [1.165, 1.54) is 17.0 Å². The van der Waals surface area contributed by atoms with E-state index in [1.807, 2.05) is 24.3 Å². The van der Waals surface area contributed by atoms with Crippen molar-refractivity contribution in [1.82, 2.24) is 14.8 Å². The number of aromatic nitrogens is 1. The number of fused-ring (bicyclic) bond motifs is 1. The number of anilines is 1. The van der Waals surface area contributed by atoms with Crippen LogP contribution in [0.5, 0.6) is 5.75 Å². The number of ether oxygens (including phenoxy) is 2. The largest absolute Gasteiger partial charge is 0.497 e. The Balaban J connectivity index is 0.000000482. The number of hydrogen-bond acceptors (Lipinski definition) is 11. The Morgan fingerprint density at radius 2 is 1.62 bits per heavy atom. The van der Waals surface area contributed by atoms with Gasteiger partial charge >= 0.3 is 6.09 Å². The van der Waals surface area contributed by atoms with Gasteiger partial charge in [-0.1, -0.05) is 6.07 Å². The van der Waals surface area contributed by atoms with Gasteiger partial charge in [-0.15, -0.1) is 0 Å². The number of carbonyl (C=O) groups is 1. The third-order valence-electron chi connectivity index (χ3n) is 6.69. The maximum absolute atomic E-state index is 13.5. The van der Waals surface area contributed by atoms with E-state index in [9.17, 15) is 31.1 Å². The molecule has 2 saturated heterocycles. The maximum Gasteiger partial charge on any atom is 0.414 e. The number of pyridine rings is 1. The van der Waals surface area contributed by atoms with Crippen molar-refractivity contribution in [2.75, 3.05) is 70.3 Å². The van der Waals surface area contributed by atoms with Crippen molar-refractivity contribution < 1.29 is 49.7 Å². The minimum Gasteiger partial charge on any atom is -0.497 e. The molecular weight excluding hydrogens is 635 g/mol. The molecule has 0 spiro atoms. The molecule has 1 unspecified atom stereocenters. The van der Waals surface area contributed by atoms with Gasteiger partial charge in [0.1, 0.15) is 17.7 Å². The van der Waals surface area contributed by atoms with Crippen molar-refractivity contribution in [3.63, 3.8) is 0 Å². The highest BCUT2D eigenvalue weighted by molar-refractivity contribution is 7.85. The monoisotopic (exact) mass is 672 g/mol. The summed E-state index contributed by atoms with van der Waals surface area (Å²) < 4.78 is 76.2. The number of halogens is 1. The molecule has 0 aliphatic carbocycles. The highest BCUT2D eigenvalue weighted by Gasteiger charge is 2.34. The van der Waals surface area contributed by atoms with E-state index in [0.29, 0.717) is 37.8 Å². The Morgan fingerprint density at radius 1 is 1.00 bits per heavy atom. The van der Waals surface area contributed by atoms with Gasteiger partial charge in [0.25, 0.3) is 20.2 Å². The summed E-state index contributed by atoms with van der Waals surface area (Å²) >= 11 is 0. The van der Waals surface area contributed by atoms with Crippen molar-refractivity contribution >= 4 is 42.9 Å². The second kappa shape index (κ2) is 15.7. The summed E-state index contributed by atoms with van der Waals surface area (Å²) in [6, 6.07) is 13.5. The first-order chi connectivity index (χ1) is 21.0. The first kappa shape index (κ1) is 36.0. The van der Waals surface area contributed by atoms with Crippen LogP contribution in [0.3, 0.4) is 0 Å². The van der Waals surface area contributed by atoms with Gasteiger partial charge in [-0.2, -0.15) is 16.8 Å². The number of hydrogen-bond donors (Lipinski definition) is 3. The van der Waals surface area contributed by atoms with Gasteiger partial charge in [0.05, 0.1) is 43.5 Å². The first-order valence-corrected chi connectivity index (χ1v) is 17.3. The second-order valence-corrected chi connectivity index (χ2v) is 13.4. The van der Waals surface area contributed by atoms with E-state index >= 15 is 0 Å². The molecule has 2 aromatic carbocycles. The Bertz CT molecular complexity index is 1620. The van der Waals surface area contributed by atoms with Crippen molar-refractivity contribution in [2.24, 2.45) is 0 Å². The van der Waals surface area contributed by atoms with E-state index < -0.39 is 32.4 Å². The molecule has 5 rings (SSSR count). The summed E-state index contributed by atoms with van der Waals surface area (Å²) in [5.41, 5.74) is 2.18. The summed E-state index contributed by atoms with van der Waals surface area (Å²) in [5, 5.41) is 11.9. The number of nitrogens with zero attached hydrogens (tertiary/aromatic N) is 4. The first-order valence-electron chi connectivity index (χ1n) is 13.6. The lowest BCUT2D eigenvalue weighted by atomic mass is 10.0. The SMILES string of the molecule is COc1ccc2nccc([C@@H](O)CN3CCN(CC4CN(c5cccc(F)c5)C(=O)O4)CC3)c2c1.CS(=O)(=O)O.CS(=O)(=O)O. The van der Waals surface area contributed by atoms with Crippen molar-refractivity contribution in [1.29, 1.82) is 0 Å². The van der Waals surface area contributed by atoms with Crippen LogP contribution in [0.15, 0.2) is 54.7 Å². The van der Waals surface area contributed by atoms with Crippen LogP contribution in [-0.2, 0) is 25.0 Å². The summed E-state index contributed by atoms with van der Waals surface area (Å²) in [6.45, 7) is 4.78. The topological polar surface area (TPSA) is 187 Å². The van der Waals surface area contributed by atoms with Crippen LogP contribution < -0.4 is 9.64 Å². The lowest BCUT2D eigenvalue weighted by Gasteiger charge is -2.36. The maximum atomic E-state index is 13.5. The number of benzene rings is 2. The molecule has 0 saturated carbocycles. The lowest BCUT2D eigenvalue weighted by Crippen LogP contribution is -2.49. The van der Waals surface area contributed by atoms with Gasteiger partial charge in [-0.25, -0.2) is 9.18 Å². The molecule has 14 nitrogen and oxygen atoms in total. The van der Waals surface area contributed by atoms with Gasteiger partial charge in [0.15, 0.2) is 0 Å². The smallest absolute Gasteiger partial charge is 0.414 e. The minimum atomic E-state index is -3.67. The Hall–Kier alpha value is -3.45. The molecule has 45 heavy (non-hydrogen) atoms. The molecule has 3 aromatic rings. The summed E-state index contributed by atoms with van der Waals surface area (Å²) in [4.78, 5) is 22.7. The Morgan fingerprint density at radius 3 is 2.22 bits per heavy atom. The highest BCUT2D eigenvalue weighted by atomic mass is 32.2. The summed E-state index contributed by atoms with van der Waals surface area (Å²) in [7, 11) is -5.71. The molecule has 1 aromatic heterocycles. The number of cyclic esters (lactones) is 1. The molecule has 17 heteroatoms. The number of amides is 1. The molecule has 1 amide bonds. The summed E-state index contributed by atoms with van der Waals surface area (Å²) in [5.74, 6) is 0.354. The number of piperazine rings is 1. The van der Waals surface area contributed by atoms with Crippen molar-refractivity contribution in [2.45, 2.75) is 12.2 Å². The Kier molecular flexibility index (Phi) is 12.6. The summed E-state index contributed by atoms with van der Waals surface area (Å²) in [6.07, 6.45) is 1.81. The molecular formula is C28H37FN4O10S2. The van der Waals surface area contributed by atoms with Crippen molar-refractivity contribution in [3.8, 4) is 5.75 Å². The van der Waals surface area contributed by atoms with Crippen LogP contribution >= 0.6 is 0 Å². The lowest BCUT2D eigenvalue weighted by molar-refractivity contribution is 0.0525. The zero-order valence-electron chi connectivity index (χ0n) is 25.0. The van der Waals surface area contributed by atoms with Crippen molar-refractivity contribution in [3.05, 3.63) is 66.1 Å². The molecule has 2 aliphatic rings. The molecule has 2 fully saturated rings. The number of methoxy groups -OCH3 is 1. The fraction of sp³-hybridized carbons (Fsp3) is 0.429. The quantitative estimate of drug-likeness (QED) is 0.310. The van der Waals surface area contributed by atoms with Crippen LogP contribution in [0, 0.1) is 5.82 Å². The van der Waals surface area contributed by atoms with Gasteiger partial charge < -0.3 is 14.6 Å². The highest BCUT2D eigenvalue weighted by Crippen LogP contribution is 2.28. The molecule has 2 aliphatic heterocycles. The average molecular weight is 673 g/mol. The molecule has 0 bridgehead atoms. The molecule has 0 radical (unpaired) electrons. The molecule has 2 atom stereocenters. The molecule has 3 N–H and O–H groups in total. The average Bonchev–Trinajstić information content (AvgIpc) is 3.31. The predicted octanol–water partition coefficient (Wildman–Crippen LogP) is 2.07. The number of β-amino-alcohol motifs (C(OH)–C–C–N with tert-alkyl or cyclic N) is 1. The van der Waals surface area contributed by atoms with Crippen LogP contribution in [0.1, 0.15) is 11.7 Å². The zero-order chi connectivity index (χ0) is 33.4. The Labute approximate surface area is 261 Å². The molecule has 248 valence electrons. The van der Waals surface area contributed by atoms with Gasteiger partial charge in [0.2, 0.25) is 0 Å². The van der Waals surface area contributed by atoms with Gasteiger partial charge in [-0.05, 0) is 48.0 Å². The van der Waals surface area contributed by atoms with E-state index in [2.05, 4.69) is 14.8 Å². The number of aliphatic hydroxyl groups is 1. The van der Waals surface area contributed by atoms with E-state index in [4.69, 9.17) is 18.6 Å². The third-order valence-corrected chi connectivity index (χ3v) is 6.69. The zero-order valence-corrected chi connectivity index (χ0v) is 26.6. The number of aliphatic hydroxyl groups excluding tert-OH is 1. The van der Waals surface area contributed by atoms with E-state index in [-0.39, 0.29) is 11.9 Å². The van der Waals surface area contributed by atoms with Crippen LogP contribution in [0.4, 0.5) is 14.9 Å². The standard InChI is InChI=1S/C26H29FN4O4.2CH4O3S/c1-34-20-5-6-24-23(14-20)22(7-8-28-24)25(32)17-30-11-9-29(10-12-30)15-21-16-31(26(33)35-21)19-4-2-3-18(27)13-19;2*1-5(2,3)4/h2-8,13-14,21,25,32H,9-12,15-17H2,1H3;2*1H3,(H,2,3,4)/t21?,25-;;/m0../s1. The minimum absolute atomic E-state index is 0.263. The van der Waals surface area contributed by atoms with Gasteiger partial charge in [-0.3, -0.25) is 28.8 Å². The normalized spacial score (nSPS) is 18.3. The van der Waals surface area contributed by atoms with Crippen LogP contribution in [-0.4, -0.2) is 123 Å². The van der Waals surface area contributed by atoms with Gasteiger partial charge in [0, 0.05) is 50.9 Å². The fourth-order valence-electron chi connectivity index (χ4n) is 4.82. The van der Waals surface area contributed by atoms with Crippen LogP contribution in [0.25, 0.3) is 10.9 Å². The molecule has 3 heterocycles. The fourth-order valence-corrected chi connectivity index (χ4v) is 4.82.